The number of tetrazole rings is 1. The van der Waals surface area contributed by atoms with Crippen LogP contribution < -0.4 is 5.73 Å². The molecule has 0 spiro atoms. The third kappa shape index (κ3) is 3.90. The van der Waals surface area contributed by atoms with Crippen molar-refractivity contribution in [2.45, 2.75) is 37.8 Å². The zero-order valence-corrected chi connectivity index (χ0v) is 12.5. The van der Waals surface area contributed by atoms with Gasteiger partial charge in [0.1, 0.15) is 0 Å². The van der Waals surface area contributed by atoms with Crippen molar-refractivity contribution in [3.05, 3.63) is 0 Å². The minimum Gasteiger partial charge on any atom is -0.372 e. The van der Waals surface area contributed by atoms with Crippen molar-refractivity contribution in [2.75, 3.05) is 25.4 Å². The number of amides is 1. The van der Waals surface area contributed by atoms with Gasteiger partial charge in [-0.1, -0.05) is 11.8 Å². The molecule has 2 unspecified atom stereocenters. The SMILES string of the molecule is CC1CN(C(=O)CSc2nnnn2CCN)CC(C)O1. The Kier molecular flexibility index (Phi) is 5.32. The fraction of sp³-hybridized carbons (Fsp3) is 0.818. The number of nitrogens with two attached hydrogens (primary N) is 1. The zero-order valence-electron chi connectivity index (χ0n) is 11.7. The van der Waals surface area contributed by atoms with Crippen LogP contribution in [0.4, 0.5) is 0 Å². The minimum atomic E-state index is 0.0789. The lowest BCUT2D eigenvalue weighted by Crippen LogP contribution is -2.48. The molecule has 1 aromatic rings. The Hall–Kier alpha value is -1.19. The second-order valence-electron chi connectivity index (χ2n) is 4.82. The molecule has 1 aliphatic heterocycles. The van der Waals surface area contributed by atoms with E-state index in [9.17, 15) is 4.79 Å². The molecular formula is C11H20N6O2S. The van der Waals surface area contributed by atoms with Gasteiger partial charge in [-0.2, -0.15) is 0 Å². The summed E-state index contributed by atoms with van der Waals surface area (Å²) in [6, 6.07) is 0. The van der Waals surface area contributed by atoms with Gasteiger partial charge < -0.3 is 15.4 Å². The number of carbonyl (C=O) groups is 1. The van der Waals surface area contributed by atoms with E-state index in [1.54, 1.807) is 4.68 Å². The number of carbonyl (C=O) groups excluding carboxylic acids is 1. The van der Waals surface area contributed by atoms with Gasteiger partial charge in [-0.3, -0.25) is 4.79 Å². The Labute approximate surface area is 122 Å². The molecule has 2 heterocycles. The summed E-state index contributed by atoms with van der Waals surface area (Å²) in [4.78, 5) is 14.0. The molecule has 2 rings (SSSR count). The summed E-state index contributed by atoms with van der Waals surface area (Å²) in [5, 5.41) is 11.9. The van der Waals surface area contributed by atoms with Gasteiger partial charge in [0, 0.05) is 19.6 Å². The number of hydrogen-bond acceptors (Lipinski definition) is 7. The molecule has 0 aromatic carbocycles. The predicted molar refractivity (Wildman–Crippen MR) is 74.2 cm³/mol. The Balaban J connectivity index is 1.86. The van der Waals surface area contributed by atoms with E-state index < -0.39 is 0 Å². The second kappa shape index (κ2) is 7.00. The van der Waals surface area contributed by atoms with Gasteiger partial charge in [0.15, 0.2) is 0 Å². The lowest BCUT2D eigenvalue weighted by Gasteiger charge is -2.35. The quantitative estimate of drug-likeness (QED) is 0.722. The van der Waals surface area contributed by atoms with Crippen LogP contribution in [0.1, 0.15) is 13.8 Å². The van der Waals surface area contributed by atoms with E-state index in [1.165, 1.54) is 11.8 Å². The summed E-state index contributed by atoms with van der Waals surface area (Å²) in [7, 11) is 0. The fourth-order valence-electron chi connectivity index (χ4n) is 2.16. The summed E-state index contributed by atoms with van der Waals surface area (Å²) in [6.07, 6.45) is 0.158. The van der Waals surface area contributed by atoms with Gasteiger partial charge in [0.05, 0.1) is 24.5 Å². The lowest BCUT2D eigenvalue weighted by atomic mass is 10.2. The van der Waals surface area contributed by atoms with E-state index in [4.69, 9.17) is 10.5 Å². The van der Waals surface area contributed by atoms with Crippen LogP contribution in [0.2, 0.25) is 0 Å². The first-order chi connectivity index (χ1) is 9.60. The van der Waals surface area contributed by atoms with Crippen LogP contribution in [0.5, 0.6) is 0 Å². The van der Waals surface area contributed by atoms with Crippen LogP contribution in [0.25, 0.3) is 0 Å². The molecule has 1 aromatic heterocycles. The Bertz CT molecular complexity index is 444. The summed E-state index contributed by atoms with van der Waals surface area (Å²) >= 11 is 1.34. The monoisotopic (exact) mass is 300 g/mol. The van der Waals surface area contributed by atoms with Crippen LogP contribution in [0.3, 0.4) is 0 Å². The van der Waals surface area contributed by atoms with E-state index in [0.717, 1.165) is 0 Å². The second-order valence-corrected chi connectivity index (χ2v) is 5.76. The maximum Gasteiger partial charge on any atom is 0.233 e. The number of rotatable bonds is 5. The average Bonchev–Trinajstić information content (AvgIpc) is 2.83. The van der Waals surface area contributed by atoms with Crippen LogP contribution in [0, 0.1) is 0 Å². The minimum absolute atomic E-state index is 0.0789. The van der Waals surface area contributed by atoms with Gasteiger partial charge in [-0.05, 0) is 24.3 Å². The normalized spacial score (nSPS) is 23.1. The number of thioether (sulfide) groups is 1. The highest BCUT2D eigenvalue weighted by Crippen LogP contribution is 2.16. The summed E-state index contributed by atoms with van der Waals surface area (Å²) in [6.45, 7) is 6.24. The standard InChI is InChI=1S/C11H20N6O2S/c1-8-5-16(6-9(2)19-8)10(18)7-20-11-13-14-15-17(11)4-3-12/h8-9H,3-7,12H2,1-2H3. The molecule has 2 N–H and O–H groups in total. The van der Waals surface area contributed by atoms with Crippen LogP contribution in [-0.4, -0.2) is 68.6 Å². The number of nitrogens with zero attached hydrogens (tertiary/aromatic N) is 5. The molecule has 9 heteroatoms. The molecule has 112 valence electrons. The van der Waals surface area contributed by atoms with E-state index in [-0.39, 0.29) is 18.1 Å². The van der Waals surface area contributed by atoms with Crippen molar-refractivity contribution < 1.29 is 9.53 Å². The maximum atomic E-state index is 12.2. The highest BCUT2D eigenvalue weighted by Gasteiger charge is 2.26. The largest absolute Gasteiger partial charge is 0.372 e. The lowest BCUT2D eigenvalue weighted by molar-refractivity contribution is -0.140. The summed E-state index contributed by atoms with van der Waals surface area (Å²) < 4.78 is 7.23. The molecule has 1 saturated heterocycles. The summed E-state index contributed by atoms with van der Waals surface area (Å²) in [5.74, 6) is 0.406. The smallest absolute Gasteiger partial charge is 0.233 e. The van der Waals surface area contributed by atoms with Crippen molar-refractivity contribution >= 4 is 17.7 Å². The Morgan fingerprint density at radius 2 is 2.15 bits per heavy atom. The molecule has 0 radical (unpaired) electrons. The topological polar surface area (TPSA) is 99.2 Å². The molecule has 2 atom stereocenters. The number of hydrogen-bond donors (Lipinski definition) is 1. The van der Waals surface area contributed by atoms with Gasteiger partial charge in [0.25, 0.3) is 0 Å². The van der Waals surface area contributed by atoms with Gasteiger partial charge >= 0.3 is 0 Å². The Morgan fingerprint density at radius 1 is 1.45 bits per heavy atom. The Morgan fingerprint density at radius 3 is 2.80 bits per heavy atom. The van der Waals surface area contributed by atoms with E-state index in [0.29, 0.717) is 37.1 Å². The molecule has 0 bridgehead atoms. The highest BCUT2D eigenvalue weighted by molar-refractivity contribution is 7.99. The molecular weight excluding hydrogens is 280 g/mol. The molecule has 20 heavy (non-hydrogen) atoms. The first kappa shape index (κ1) is 15.2. The highest BCUT2D eigenvalue weighted by atomic mass is 32.2. The predicted octanol–water partition coefficient (Wildman–Crippen LogP) is -0.640. The van der Waals surface area contributed by atoms with Gasteiger partial charge in [0.2, 0.25) is 11.1 Å². The van der Waals surface area contributed by atoms with Crippen LogP contribution >= 0.6 is 11.8 Å². The van der Waals surface area contributed by atoms with Crippen LogP contribution in [0.15, 0.2) is 5.16 Å². The first-order valence-corrected chi connectivity index (χ1v) is 7.61. The number of aromatic nitrogens is 4. The molecule has 1 amide bonds. The van der Waals surface area contributed by atoms with Crippen molar-refractivity contribution in [1.29, 1.82) is 0 Å². The van der Waals surface area contributed by atoms with Crippen molar-refractivity contribution in [1.82, 2.24) is 25.1 Å². The van der Waals surface area contributed by atoms with Crippen molar-refractivity contribution in [2.24, 2.45) is 5.73 Å². The molecule has 0 aliphatic carbocycles. The molecule has 0 saturated carbocycles. The van der Waals surface area contributed by atoms with Gasteiger partial charge in [-0.25, -0.2) is 4.68 Å². The third-order valence-corrected chi connectivity index (χ3v) is 3.88. The van der Waals surface area contributed by atoms with Crippen molar-refractivity contribution in [3.63, 3.8) is 0 Å². The van der Waals surface area contributed by atoms with E-state index in [2.05, 4.69) is 15.5 Å². The molecule has 1 aliphatic rings. The van der Waals surface area contributed by atoms with Crippen molar-refractivity contribution in [3.8, 4) is 0 Å². The zero-order chi connectivity index (χ0) is 14.5. The average molecular weight is 300 g/mol. The van der Waals surface area contributed by atoms with Gasteiger partial charge in [-0.15, -0.1) is 5.10 Å². The third-order valence-electron chi connectivity index (χ3n) is 2.94. The van der Waals surface area contributed by atoms with E-state index >= 15 is 0 Å². The number of ether oxygens (including phenoxy) is 1. The molecule has 1 fully saturated rings. The van der Waals surface area contributed by atoms with E-state index in [1.807, 2.05) is 18.7 Å². The van der Waals surface area contributed by atoms with Crippen LogP contribution in [-0.2, 0) is 16.1 Å². The maximum absolute atomic E-state index is 12.2. The number of morpholine rings is 1. The summed E-state index contributed by atoms with van der Waals surface area (Å²) in [5.41, 5.74) is 5.48. The fourth-order valence-corrected chi connectivity index (χ4v) is 2.97. The first-order valence-electron chi connectivity index (χ1n) is 6.62. The molecule has 8 nitrogen and oxygen atoms in total.